The molecule has 0 aliphatic carbocycles. The molecule has 0 aliphatic heterocycles. The van der Waals surface area contributed by atoms with Crippen LogP contribution in [0.15, 0.2) is 30.5 Å². The summed E-state index contributed by atoms with van der Waals surface area (Å²) in [5.74, 6) is -3.24. The molecule has 0 fully saturated rings. The first kappa shape index (κ1) is 13.9. The average molecular weight is 312 g/mol. The first-order chi connectivity index (χ1) is 10.1. The lowest BCUT2D eigenvalue weighted by molar-refractivity contribution is 0.446. The van der Waals surface area contributed by atoms with Gasteiger partial charge in [0.15, 0.2) is 23.1 Å². The van der Waals surface area contributed by atoms with Gasteiger partial charge in [-0.25, -0.2) is 23.1 Å². The summed E-state index contributed by atoms with van der Waals surface area (Å²) in [7, 11) is 0. The molecule has 0 atom stereocenters. The largest absolute Gasteiger partial charge is 0.280 e. The Bertz CT molecular complexity index is 793. The molecule has 21 heavy (non-hydrogen) atoms. The first-order valence-electron chi connectivity index (χ1n) is 6.15. The Morgan fingerprint density at radius 1 is 1.14 bits per heavy atom. The Hall–Kier alpha value is -2.08. The van der Waals surface area contributed by atoms with Crippen LogP contribution < -0.4 is 0 Å². The molecule has 0 amide bonds. The summed E-state index contributed by atoms with van der Waals surface area (Å²) in [4.78, 5) is 8.50. The molecular weight excluding hydrogens is 303 g/mol. The van der Waals surface area contributed by atoms with Gasteiger partial charge in [-0.2, -0.15) is 0 Å². The topological polar surface area (TPSA) is 30.7 Å². The van der Waals surface area contributed by atoms with Gasteiger partial charge in [-0.3, -0.25) is 4.57 Å². The number of imidazole rings is 1. The van der Waals surface area contributed by atoms with Gasteiger partial charge in [0.05, 0.1) is 5.69 Å². The first-order valence-corrected chi connectivity index (χ1v) is 6.68. The number of rotatable bonds is 3. The van der Waals surface area contributed by atoms with Gasteiger partial charge < -0.3 is 0 Å². The van der Waals surface area contributed by atoms with Gasteiger partial charge >= 0.3 is 0 Å². The van der Waals surface area contributed by atoms with Gasteiger partial charge in [-0.15, -0.1) is 11.6 Å². The monoisotopic (exact) mass is 311 g/mol. The molecule has 2 heterocycles. The molecule has 7 heteroatoms. The third kappa shape index (κ3) is 2.35. The third-order valence-corrected chi connectivity index (χ3v) is 3.22. The van der Waals surface area contributed by atoms with Crippen molar-refractivity contribution in [2.24, 2.45) is 0 Å². The van der Waals surface area contributed by atoms with Crippen LogP contribution in [0.4, 0.5) is 13.2 Å². The van der Waals surface area contributed by atoms with E-state index in [1.54, 1.807) is 18.3 Å². The Kier molecular flexibility index (Phi) is 3.55. The van der Waals surface area contributed by atoms with Crippen molar-refractivity contribution in [1.29, 1.82) is 0 Å². The number of aromatic nitrogens is 3. The second-order valence-corrected chi connectivity index (χ2v) is 4.75. The quantitative estimate of drug-likeness (QED) is 0.546. The highest BCUT2D eigenvalue weighted by Crippen LogP contribution is 2.23. The van der Waals surface area contributed by atoms with E-state index in [1.165, 1.54) is 4.57 Å². The molecule has 0 N–H and O–H groups in total. The SMILES string of the molecule is Fc1cc(-n2c(CCCl)nc3cccnc32)cc(F)c1F. The van der Waals surface area contributed by atoms with Crippen molar-refractivity contribution < 1.29 is 13.2 Å². The van der Waals surface area contributed by atoms with Crippen LogP contribution in [0.5, 0.6) is 0 Å². The molecule has 0 unspecified atom stereocenters. The summed E-state index contributed by atoms with van der Waals surface area (Å²) in [6.07, 6.45) is 1.93. The van der Waals surface area contributed by atoms with Gasteiger partial charge in [-0.05, 0) is 12.1 Å². The van der Waals surface area contributed by atoms with E-state index in [2.05, 4.69) is 9.97 Å². The number of halogens is 4. The van der Waals surface area contributed by atoms with Crippen molar-refractivity contribution in [3.05, 3.63) is 53.7 Å². The average Bonchev–Trinajstić information content (AvgIpc) is 2.82. The highest BCUT2D eigenvalue weighted by molar-refractivity contribution is 6.17. The van der Waals surface area contributed by atoms with Gasteiger partial charge in [0.1, 0.15) is 11.3 Å². The Morgan fingerprint density at radius 2 is 1.86 bits per heavy atom. The zero-order valence-electron chi connectivity index (χ0n) is 10.7. The van der Waals surface area contributed by atoms with Crippen LogP contribution in [0.3, 0.4) is 0 Å². The molecule has 0 saturated carbocycles. The fourth-order valence-corrected chi connectivity index (χ4v) is 2.32. The molecule has 3 rings (SSSR count). The van der Waals surface area contributed by atoms with Gasteiger partial charge in [0.25, 0.3) is 0 Å². The van der Waals surface area contributed by atoms with Crippen LogP contribution in [0.1, 0.15) is 5.82 Å². The van der Waals surface area contributed by atoms with Crippen LogP contribution in [-0.2, 0) is 6.42 Å². The molecule has 2 aromatic heterocycles. The summed E-state index contributed by atoms with van der Waals surface area (Å²) in [6, 6.07) is 5.25. The van der Waals surface area contributed by atoms with E-state index in [0.29, 0.717) is 23.4 Å². The maximum Gasteiger partial charge on any atom is 0.194 e. The molecular formula is C14H9ClF3N3. The number of benzene rings is 1. The van der Waals surface area contributed by atoms with Crippen LogP contribution in [0, 0.1) is 17.5 Å². The van der Waals surface area contributed by atoms with Gasteiger partial charge in [-0.1, -0.05) is 0 Å². The zero-order valence-corrected chi connectivity index (χ0v) is 11.4. The predicted octanol–water partition coefficient (Wildman–Crippen LogP) is 3.62. The van der Waals surface area contributed by atoms with Crippen LogP contribution >= 0.6 is 11.6 Å². The standard InChI is InChI=1S/C14H9ClF3N3/c15-4-3-12-20-11-2-1-5-19-14(11)21(12)8-6-9(16)13(18)10(17)7-8/h1-2,5-7H,3-4H2. The van der Waals surface area contributed by atoms with E-state index < -0.39 is 17.5 Å². The molecule has 0 aliphatic rings. The fourth-order valence-electron chi connectivity index (χ4n) is 2.15. The second kappa shape index (κ2) is 5.37. The normalized spacial score (nSPS) is 11.2. The van der Waals surface area contributed by atoms with Crippen molar-refractivity contribution in [1.82, 2.24) is 14.5 Å². The van der Waals surface area contributed by atoms with Crippen molar-refractivity contribution in [2.75, 3.05) is 5.88 Å². The van der Waals surface area contributed by atoms with Gasteiger partial charge in [0, 0.05) is 30.6 Å². The van der Waals surface area contributed by atoms with Crippen molar-refractivity contribution in [2.45, 2.75) is 6.42 Å². The molecule has 3 aromatic rings. The minimum absolute atomic E-state index is 0.118. The zero-order chi connectivity index (χ0) is 15.0. The van der Waals surface area contributed by atoms with E-state index >= 15 is 0 Å². The summed E-state index contributed by atoms with van der Waals surface area (Å²) in [6.45, 7) is 0. The van der Waals surface area contributed by atoms with E-state index in [9.17, 15) is 13.2 Å². The molecule has 0 bridgehead atoms. The molecule has 0 saturated heterocycles. The van der Waals surface area contributed by atoms with E-state index in [-0.39, 0.29) is 11.6 Å². The Balaban J connectivity index is 2.30. The third-order valence-electron chi connectivity index (χ3n) is 3.03. The Morgan fingerprint density at radius 3 is 2.52 bits per heavy atom. The lowest BCUT2D eigenvalue weighted by atomic mass is 10.2. The second-order valence-electron chi connectivity index (χ2n) is 4.37. The number of hydrogen-bond acceptors (Lipinski definition) is 2. The molecule has 0 radical (unpaired) electrons. The summed E-state index contributed by atoms with van der Waals surface area (Å²) < 4.78 is 41.5. The van der Waals surface area contributed by atoms with Crippen molar-refractivity contribution in [3.63, 3.8) is 0 Å². The van der Waals surface area contributed by atoms with Crippen LogP contribution in [0.2, 0.25) is 0 Å². The maximum absolute atomic E-state index is 13.5. The lowest BCUT2D eigenvalue weighted by Gasteiger charge is -2.09. The van der Waals surface area contributed by atoms with E-state index in [4.69, 9.17) is 11.6 Å². The van der Waals surface area contributed by atoms with Crippen molar-refractivity contribution >= 4 is 22.8 Å². The number of hydrogen-bond donors (Lipinski definition) is 0. The van der Waals surface area contributed by atoms with E-state index in [1.807, 2.05) is 0 Å². The Labute approximate surface area is 123 Å². The maximum atomic E-state index is 13.5. The summed E-state index contributed by atoms with van der Waals surface area (Å²) in [5, 5.41) is 0. The van der Waals surface area contributed by atoms with Crippen LogP contribution in [0.25, 0.3) is 16.9 Å². The van der Waals surface area contributed by atoms with Crippen LogP contribution in [-0.4, -0.2) is 20.4 Å². The fraction of sp³-hybridized carbons (Fsp3) is 0.143. The molecule has 0 spiro atoms. The molecule has 108 valence electrons. The number of alkyl halides is 1. The predicted molar refractivity (Wildman–Crippen MR) is 73.2 cm³/mol. The highest BCUT2D eigenvalue weighted by Gasteiger charge is 2.17. The molecule has 1 aromatic carbocycles. The number of nitrogens with zero attached hydrogens (tertiary/aromatic N) is 3. The number of aryl methyl sites for hydroxylation is 1. The number of fused-ring (bicyclic) bond motifs is 1. The van der Waals surface area contributed by atoms with E-state index in [0.717, 1.165) is 12.1 Å². The summed E-state index contributed by atoms with van der Waals surface area (Å²) >= 11 is 5.73. The molecule has 3 nitrogen and oxygen atoms in total. The lowest BCUT2D eigenvalue weighted by Crippen LogP contribution is -2.05. The smallest absolute Gasteiger partial charge is 0.194 e. The van der Waals surface area contributed by atoms with Gasteiger partial charge in [0.2, 0.25) is 0 Å². The minimum atomic E-state index is -1.50. The minimum Gasteiger partial charge on any atom is -0.280 e. The highest BCUT2D eigenvalue weighted by atomic mass is 35.5. The van der Waals surface area contributed by atoms with Crippen molar-refractivity contribution in [3.8, 4) is 5.69 Å². The summed E-state index contributed by atoms with van der Waals surface area (Å²) in [5.41, 5.74) is 1.12. The number of pyridine rings is 1.